The van der Waals surface area contributed by atoms with Crippen molar-refractivity contribution in [1.82, 2.24) is 0 Å². The third-order valence-electron chi connectivity index (χ3n) is 2.51. The maximum Gasteiger partial charge on any atom is 0.308 e. The lowest BCUT2D eigenvalue weighted by Crippen LogP contribution is -2.11. The Morgan fingerprint density at radius 2 is 1.87 bits per heavy atom. The molecule has 0 aliphatic heterocycles. The van der Waals surface area contributed by atoms with Crippen molar-refractivity contribution in [3.63, 3.8) is 0 Å². The van der Waals surface area contributed by atoms with Gasteiger partial charge in [0.15, 0.2) is 0 Å². The summed E-state index contributed by atoms with van der Waals surface area (Å²) in [5.74, 6) is 1.08. The molecular weight excluding hydrogens is 212 g/mol. The van der Waals surface area contributed by atoms with Gasteiger partial charge in [-0.3, -0.25) is 0 Å². The summed E-state index contributed by atoms with van der Waals surface area (Å²) in [6, 6.07) is 7.33. The third-order valence-corrected chi connectivity index (χ3v) is 3.66. The van der Waals surface area contributed by atoms with E-state index in [1.54, 1.807) is 19.1 Å². The molecule has 0 aromatic heterocycles. The number of benzene rings is 1. The molecule has 1 saturated carbocycles. The van der Waals surface area contributed by atoms with E-state index in [1.807, 2.05) is 12.1 Å². The molecule has 0 amide bonds. The van der Waals surface area contributed by atoms with Crippen LogP contribution in [0.3, 0.4) is 0 Å². The van der Waals surface area contributed by atoms with E-state index >= 15 is 0 Å². The Labute approximate surface area is 90.2 Å². The summed E-state index contributed by atoms with van der Waals surface area (Å²) in [6.07, 6.45) is 2.49. The average Bonchev–Trinajstić information content (AvgIpc) is 3.02. The minimum absolute atomic E-state index is 0.00260. The molecule has 0 unspecified atom stereocenters. The van der Waals surface area contributed by atoms with Gasteiger partial charge in [-0.15, -0.1) is 0 Å². The first-order valence-corrected chi connectivity index (χ1v) is 6.70. The van der Waals surface area contributed by atoms with E-state index in [1.165, 1.54) is 18.4 Å². The van der Waals surface area contributed by atoms with E-state index in [-0.39, 0.29) is 5.75 Å². The van der Waals surface area contributed by atoms with Crippen LogP contribution in [0.1, 0.15) is 31.2 Å². The summed E-state index contributed by atoms with van der Waals surface area (Å²) >= 11 is 0. The Morgan fingerprint density at radius 3 is 2.33 bits per heavy atom. The molecule has 0 radical (unpaired) electrons. The topological polar surface area (TPSA) is 43.4 Å². The second-order valence-corrected chi connectivity index (χ2v) is 5.63. The van der Waals surface area contributed by atoms with Gasteiger partial charge in [-0.25, -0.2) is 0 Å². The molecule has 1 aliphatic carbocycles. The molecule has 3 nitrogen and oxygen atoms in total. The Kier molecular flexibility index (Phi) is 2.69. The Bertz CT molecular complexity index is 429. The van der Waals surface area contributed by atoms with Crippen molar-refractivity contribution in [1.29, 1.82) is 0 Å². The van der Waals surface area contributed by atoms with Crippen LogP contribution in [0, 0.1) is 0 Å². The van der Waals surface area contributed by atoms with E-state index in [4.69, 9.17) is 4.18 Å². The lowest BCUT2D eigenvalue weighted by molar-refractivity contribution is 0.487. The van der Waals surface area contributed by atoms with Gasteiger partial charge in [-0.1, -0.05) is 12.1 Å². The Balaban J connectivity index is 2.10. The average molecular weight is 226 g/mol. The molecule has 0 spiro atoms. The van der Waals surface area contributed by atoms with E-state index in [0.29, 0.717) is 11.7 Å². The van der Waals surface area contributed by atoms with Gasteiger partial charge >= 0.3 is 10.1 Å². The van der Waals surface area contributed by atoms with E-state index in [2.05, 4.69) is 0 Å². The highest BCUT2D eigenvalue weighted by atomic mass is 32.2. The van der Waals surface area contributed by atoms with Crippen LogP contribution in [0.25, 0.3) is 0 Å². The molecule has 0 bridgehead atoms. The van der Waals surface area contributed by atoms with Gasteiger partial charge in [0, 0.05) is 0 Å². The second kappa shape index (κ2) is 3.85. The summed E-state index contributed by atoms with van der Waals surface area (Å²) in [6.45, 7) is 1.56. The summed E-state index contributed by atoms with van der Waals surface area (Å²) in [5, 5.41) is 0. The first kappa shape index (κ1) is 10.5. The van der Waals surface area contributed by atoms with Crippen LogP contribution in [0.4, 0.5) is 0 Å². The first-order valence-electron chi connectivity index (χ1n) is 5.13. The molecule has 82 valence electrons. The van der Waals surface area contributed by atoms with Crippen LogP contribution in [-0.2, 0) is 10.1 Å². The van der Waals surface area contributed by atoms with Crippen LogP contribution in [-0.4, -0.2) is 14.2 Å². The summed E-state index contributed by atoms with van der Waals surface area (Å²) in [7, 11) is -3.39. The number of rotatable bonds is 4. The van der Waals surface area contributed by atoms with Crippen molar-refractivity contribution in [2.24, 2.45) is 0 Å². The van der Waals surface area contributed by atoms with Gasteiger partial charge in [-0.2, -0.15) is 8.42 Å². The van der Waals surface area contributed by atoms with E-state index in [9.17, 15) is 8.42 Å². The Morgan fingerprint density at radius 1 is 1.27 bits per heavy atom. The van der Waals surface area contributed by atoms with Crippen molar-refractivity contribution in [2.45, 2.75) is 25.7 Å². The normalized spacial score (nSPS) is 16.3. The highest BCUT2D eigenvalue weighted by Crippen LogP contribution is 2.40. The molecule has 0 atom stereocenters. The zero-order valence-electron chi connectivity index (χ0n) is 8.64. The molecule has 1 aromatic carbocycles. The van der Waals surface area contributed by atoms with Crippen molar-refractivity contribution >= 4 is 10.1 Å². The SMILES string of the molecule is CCS(=O)(=O)Oc1ccc(C2CC2)cc1. The van der Waals surface area contributed by atoms with Crippen molar-refractivity contribution in [3.8, 4) is 5.75 Å². The summed E-state index contributed by atoms with van der Waals surface area (Å²) in [4.78, 5) is 0. The molecule has 15 heavy (non-hydrogen) atoms. The third kappa shape index (κ3) is 2.72. The van der Waals surface area contributed by atoms with Crippen LogP contribution >= 0.6 is 0 Å². The van der Waals surface area contributed by atoms with Crippen LogP contribution in [0.2, 0.25) is 0 Å². The fraction of sp³-hybridized carbons (Fsp3) is 0.455. The molecule has 4 heteroatoms. The zero-order valence-corrected chi connectivity index (χ0v) is 9.46. The molecule has 2 rings (SSSR count). The molecule has 0 heterocycles. The van der Waals surface area contributed by atoms with Crippen LogP contribution in [0.15, 0.2) is 24.3 Å². The predicted octanol–water partition coefficient (Wildman–Crippen LogP) is 2.29. The standard InChI is InChI=1S/C11H14O3S/c1-2-15(12,13)14-11-7-5-10(6-8-11)9-3-4-9/h5-9H,2-4H2,1H3. The van der Waals surface area contributed by atoms with Gasteiger partial charge in [0.1, 0.15) is 5.75 Å². The molecule has 1 aliphatic rings. The van der Waals surface area contributed by atoms with Gasteiger partial charge in [0.05, 0.1) is 5.75 Å². The fourth-order valence-corrected chi connectivity index (χ4v) is 1.94. The fourth-order valence-electron chi connectivity index (χ4n) is 1.42. The molecule has 1 fully saturated rings. The molecule has 1 aromatic rings. The van der Waals surface area contributed by atoms with E-state index < -0.39 is 10.1 Å². The van der Waals surface area contributed by atoms with Crippen LogP contribution in [0.5, 0.6) is 5.75 Å². The maximum atomic E-state index is 11.2. The Hall–Kier alpha value is -1.03. The van der Waals surface area contributed by atoms with Crippen molar-refractivity contribution < 1.29 is 12.6 Å². The summed E-state index contributed by atoms with van der Waals surface area (Å²) < 4.78 is 27.2. The maximum absolute atomic E-state index is 11.2. The lowest BCUT2D eigenvalue weighted by atomic mass is 10.1. The molecular formula is C11H14O3S. The molecule has 0 N–H and O–H groups in total. The smallest absolute Gasteiger partial charge is 0.308 e. The van der Waals surface area contributed by atoms with E-state index in [0.717, 1.165) is 0 Å². The first-order chi connectivity index (χ1) is 7.11. The second-order valence-electron chi connectivity index (χ2n) is 3.77. The minimum Gasteiger partial charge on any atom is -0.382 e. The number of hydrogen-bond donors (Lipinski definition) is 0. The minimum atomic E-state index is -3.39. The predicted molar refractivity (Wildman–Crippen MR) is 58.5 cm³/mol. The van der Waals surface area contributed by atoms with Gasteiger partial charge in [0.25, 0.3) is 0 Å². The highest BCUT2D eigenvalue weighted by molar-refractivity contribution is 7.87. The zero-order chi connectivity index (χ0) is 10.9. The van der Waals surface area contributed by atoms with Gasteiger partial charge < -0.3 is 4.18 Å². The van der Waals surface area contributed by atoms with Gasteiger partial charge in [0.2, 0.25) is 0 Å². The van der Waals surface area contributed by atoms with Crippen molar-refractivity contribution in [2.75, 3.05) is 5.75 Å². The van der Waals surface area contributed by atoms with Crippen molar-refractivity contribution in [3.05, 3.63) is 29.8 Å². The van der Waals surface area contributed by atoms with Gasteiger partial charge in [-0.05, 0) is 43.4 Å². The van der Waals surface area contributed by atoms with Crippen LogP contribution < -0.4 is 4.18 Å². The number of hydrogen-bond acceptors (Lipinski definition) is 3. The monoisotopic (exact) mass is 226 g/mol. The summed E-state index contributed by atoms with van der Waals surface area (Å²) in [5.41, 5.74) is 1.27. The molecule has 0 saturated heterocycles. The largest absolute Gasteiger partial charge is 0.382 e. The lowest BCUT2D eigenvalue weighted by Gasteiger charge is -2.05. The quantitative estimate of drug-likeness (QED) is 0.740. The highest BCUT2D eigenvalue weighted by Gasteiger charge is 2.23.